The average molecular weight is 333 g/mol. The van der Waals surface area contributed by atoms with E-state index in [9.17, 15) is 0 Å². The van der Waals surface area contributed by atoms with Crippen molar-refractivity contribution in [1.29, 1.82) is 0 Å². The molecule has 1 N–H and O–H groups in total. The van der Waals surface area contributed by atoms with Crippen LogP contribution in [-0.4, -0.2) is 27.7 Å². The van der Waals surface area contributed by atoms with E-state index < -0.39 is 0 Å². The predicted octanol–water partition coefficient (Wildman–Crippen LogP) is 4.16. The summed E-state index contributed by atoms with van der Waals surface area (Å²) >= 11 is 6.08. The van der Waals surface area contributed by atoms with Crippen LogP contribution in [0.3, 0.4) is 0 Å². The summed E-state index contributed by atoms with van der Waals surface area (Å²) in [7, 11) is 0. The summed E-state index contributed by atoms with van der Waals surface area (Å²) in [6, 6.07) is 4.17. The fourth-order valence-corrected chi connectivity index (χ4v) is 3.47. The lowest BCUT2D eigenvalue weighted by Gasteiger charge is -2.29. The van der Waals surface area contributed by atoms with Crippen LogP contribution in [0.25, 0.3) is 11.2 Å². The van der Waals surface area contributed by atoms with Crippen LogP contribution in [0.1, 0.15) is 38.1 Å². The third-order valence-electron chi connectivity index (χ3n) is 4.79. The number of allylic oxidation sites excluding steroid dienone is 1. The molecular formula is C17H21ClN4O. The lowest BCUT2D eigenvalue weighted by molar-refractivity contribution is 0.186. The molecule has 0 aromatic carbocycles. The van der Waals surface area contributed by atoms with Gasteiger partial charge in [0.05, 0.1) is 0 Å². The van der Waals surface area contributed by atoms with Gasteiger partial charge in [-0.15, -0.1) is 0 Å². The fourth-order valence-electron chi connectivity index (χ4n) is 3.33. The number of hydrogen-bond acceptors (Lipinski definition) is 4. The van der Waals surface area contributed by atoms with Gasteiger partial charge in [-0.1, -0.05) is 18.2 Å². The zero-order valence-electron chi connectivity index (χ0n) is 13.1. The number of anilines is 1. The normalized spacial score (nSPS) is 21.5. The van der Waals surface area contributed by atoms with Gasteiger partial charge in [0.1, 0.15) is 10.7 Å². The Labute approximate surface area is 140 Å². The van der Waals surface area contributed by atoms with E-state index in [1.54, 1.807) is 6.07 Å². The van der Waals surface area contributed by atoms with Crippen molar-refractivity contribution in [2.45, 2.75) is 38.1 Å². The van der Waals surface area contributed by atoms with E-state index in [1.807, 2.05) is 6.07 Å². The van der Waals surface area contributed by atoms with E-state index in [0.717, 1.165) is 61.7 Å². The van der Waals surface area contributed by atoms with Crippen LogP contribution in [0.4, 0.5) is 5.95 Å². The van der Waals surface area contributed by atoms with Crippen molar-refractivity contribution in [3.8, 4) is 0 Å². The quantitative estimate of drug-likeness (QED) is 0.835. The maximum Gasteiger partial charge on any atom is 0.209 e. The fraction of sp³-hybridized carbons (Fsp3) is 0.529. The minimum Gasteiger partial charge on any atom is -0.381 e. The summed E-state index contributed by atoms with van der Waals surface area (Å²) in [5.74, 6) is 1.40. The average Bonchev–Trinajstić information content (AvgIpc) is 3.07. The van der Waals surface area contributed by atoms with Crippen molar-refractivity contribution in [3.05, 3.63) is 29.6 Å². The van der Waals surface area contributed by atoms with Gasteiger partial charge in [-0.05, 0) is 50.2 Å². The molecule has 5 nitrogen and oxygen atoms in total. The zero-order chi connectivity index (χ0) is 15.8. The van der Waals surface area contributed by atoms with Crippen LogP contribution in [0.5, 0.6) is 0 Å². The molecule has 2 aromatic heterocycles. The molecule has 0 bridgehead atoms. The van der Waals surface area contributed by atoms with E-state index in [4.69, 9.17) is 21.3 Å². The van der Waals surface area contributed by atoms with Crippen LogP contribution >= 0.6 is 11.6 Å². The number of imidazole rings is 1. The molecule has 1 atom stereocenters. The van der Waals surface area contributed by atoms with Crippen LogP contribution in [0.2, 0.25) is 5.15 Å². The summed E-state index contributed by atoms with van der Waals surface area (Å²) in [6.45, 7) is 5.87. The molecule has 2 aliphatic rings. The highest BCUT2D eigenvalue weighted by Crippen LogP contribution is 2.37. The van der Waals surface area contributed by atoms with Gasteiger partial charge in [-0.3, -0.25) is 4.57 Å². The first kappa shape index (κ1) is 15.0. The number of halogens is 1. The molecule has 3 heterocycles. The van der Waals surface area contributed by atoms with Crippen molar-refractivity contribution in [3.63, 3.8) is 0 Å². The highest BCUT2D eigenvalue weighted by Gasteiger charge is 2.26. The van der Waals surface area contributed by atoms with Crippen molar-refractivity contribution < 1.29 is 4.74 Å². The topological polar surface area (TPSA) is 52.0 Å². The molecule has 4 rings (SSSR count). The maximum absolute atomic E-state index is 6.08. The van der Waals surface area contributed by atoms with E-state index in [1.165, 1.54) is 6.42 Å². The Morgan fingerprint density at radius 3 is 2.91 bits per heavy atom. The summed E-state index contributed by atoms with van der Waals surface area (Å²) in [5.41, 5.74) is 2.73. The Morgan fingerprint density at radius 2 is 2.22 bits per heavy atom. The van der Waals surface area contributed by atoms with Crippen molar-refractivity contribution >= 4 is 28.7 Å². The Hall–Kier alpha value is -1.59. The van der Waals surface area contributed by atoms with E-state index in [0.29, 0.717) is 17.1 Å². The smallest absolute Gasteiger partial charge is 0.209 e. The molecule has 1 saturated carbocycles. The van der Waals surface area contributed by atoms with Gasteiger partial charge < -0.3 is 10.1 Å². The van der Waals surface area contributed by atoms with Gasteiger partial charge in [-0.2, -0.15) is 0 Å². The summed E-state index contributed by atoms with van der Waals surface area (Å²) in [4.78, 5) is 9.20. The number of ether oxygens (including phenoxy) is 1. The van der Waals surface area contributed by atoms with Crippen LogP contribution in [0, 0.1) is 5.92 Å². The van der Waals surface area contributed by atoms with E-state index >= 15 is 0 Å². The van der Waals surface area contributed by atoms with Crippen LogP contribution in [0.15, 0.2) is 24.4 Å². The molecule has 6 heteroatoms. The Morgan fingerprint density at radius 1 is 1.35 bits per heavy atom. The first-order valence-corrected chi connectivity index (χ1v) is 8.65. The molecule has 0 amide bonds. The van der Waals surface area contributed by atoms with Gasteiger partial charge >= 0.3 is 0 Å². The minimum absolute atomic E-state index is 0.455. The number of hydrogen-bond donors (Lipinski definition) is 1. The molecule has 1 saturated heterocycles. The minimum atomic E-state index is 0.455. The molecule has 1 aliphatic heterocycles. The second-order valence-electron chi connectivity index (χ2n) is 6.53. The lowest BCUT2D eigenvalue weighted by Crippen LogP contribution is -2.20. The highest BCUT2D eigenvalue weighted by molar-refractivity contribution is 6.29. The number of pyridine rings is 1. The Bertz CT molecular complexity index is 732. The second-order valence-corrected chi connectivity index (χ2v) is 6.92. The molecular weight excluding hydrogens is 312 g/mol. The van der Waals surface area contributed by atoms with Crippen molar-refractivity contribution in [1.82, 2.24) is 14.5 Å². The predicted molar refractivity (Wildman–Crippen MR) is 91.7 cm³/mol. The largest absolute Gasteiger partial charge is 0.381 e. The van der Waals surface area contributed by atoms with Gasteiger partial charge in [0.2, 0.25) is 5.95 Å². The molecule has 23 heavy (non-hydrogen) atoms. The number of rotatable bonds is 5. The van der Waals surface area contributed by atoms with Crippen molar-refractivity contribution in [2.75, 3.05) is 18.5 Å². The first-order chi connectivity index (χ1) is 11.2. The molecule has 1 unspecified atom stereocenters. The third-order valence-corrected chi connectivity index (χ3v) is 5.00. The summed E-state index contributed by atoms with van der Waals surface area (Å²) in [6.07, 6.45) is 5.61. The van der Waals surface area contributed by atoms with Crippen LogP contribution < -0.4 is 5.32 Å². The maximum atomic E-state index is 6.08. The second kappa shape index (κ2) is 6.13. The first-order valence-electron chi connectivity index (χ1n) is 8.28. The van der Waals surface area contributed by atoms with Gasteiger partial charge in [0, 0.05) is 25.0 Å². The van der Waals surface area contributed by atoms with Crippen LogP contribution in [-0.2, 0) is 4.74 Å². The zero-order valence-corrected chi connectivity index (χ0v) is 13.9. The van der Waals surface area contributed by atoms with Gasteiger partial charge in [-0.25, -0.2) is 9.97 Å². The molecule has 2 aromatic rings. The monoisotopic (exact) mass is 332 g/mol. The molecule has 0 radical (unpaired) electrons. The molecule has 0 spiro atoms. The van der Waals surface area contributed by atoms with E-state index in [-0.39, 0.29) is 0 Å². The summed E-state index contributed by atoms with van der Waals surface area (Å²) < 4.78 is 7.64. The Kier molecular flexibility index (Phi) is 3.99. The summed E-state index contributed by atoms with van der Waals surface area (Å²) in [5, 5.41) is 3.92. The number of fused-ring (bicyclic) bond motifs is 1. The molecule has 1 aliphatic carbocycles. The number of nitrogens with one attached hydrogen (secondary N) is 1. The van der Waals surface area contributed by atoms with E-state index in [2.05, 4.69) is 21.4 Å². The van der Waals surface area contributed by atoms with Crippen molar-refractivity contribution in [2.24, 2.45) is 5.92 Å². The highest BCUT2D eigenvalue weighted by atomic mass is 35.5. The SMILES string of the molecule is C=C(CC1CCOC1)Nc1nc2ccc(Cl)nc2n1C1CCC1. The lowest BCUT2D eigenvalue weighted by atomic mass is 9.93. The van der Waals surface area contributed by atoms with Gasteiger partial charge in [0.25, 0.3) is 0 Å². The molecule has 2 fully saturated rings. The number of aromatic nitrogens is 3. The standard InChI is InChI=1S/C17H21ClN4O/c1-11(9-12-7-8-23-10-12)19-17-20-14-5-6-15(18)21-16(14)22(17)13-3-2-4-13/h5-6,12-13H,1-4,7-10H2,(H,19,20). The number of nitrogens with zero attached hydrogens (tertiary/aromatic N) is 3. The third kappa shape index (κ3) is 2.95. The molecule has 122 valence electrons. The Balaban J connectivity index is 1.61. The van der Waals surface area contributed by atoms with Gasteiger partial charge in [0.15, 0.2) is 5.65 Å².